The van der Waals surface area contributed by atoms with Crippen LogP contribution in [0.5, 0.6) is 5.75 Å². The van der Waals surface area contributed by atoms with E-state index in [-0.39, 0.29) is 30.3 Å². The maximum atomic E-state index is 14.1. The minimum absolute atomic E-state index is 0.198. The monoisotopic (exact) mass is 343 g/mol. The Balaban J connectivity index is 2.14. The van der Waals surface area contributed by atoms with Crippen molar-refractivity contribution in [2.24, 2.45) is 5.92 Å². The Bertz CT molecular complexity index is 610. The van der Waals surface area contributed by atoms with Crippen LogP contribution in [0, 0.1) is 17.6 Å². The molecule has 0 radical (unpaired) electrons. The fourth-order valence-corrected chi connectivity index (χ4v) is 3.03. The Morgan fingerprint density at radius 1 is 1.38 bits per heavy atom. The number of hydrogen-bond acceptors (Lipinski definition) is 4. The van der Waals surface area contributed by atoms with E-state index in [1.54, 1.807) is 7.11 Å². The van der Waals surface area contributed by atoms with Gasteiger partial charge in [-0.15, -0.1) is 0 Å². The molecule has 2 rings (SSSR count). The third kappa shape index (κ3) is 3.52. The highest BCUT2D eigenvalue weighted by Crippen LogP contribution is 2.32. The molecule has 5 nitrogen and oxygen atoms in total. The first kappa shape index (κ1) is 18.6. The summed E-state index contributed by atoms with van der Waals surface area (Å²) in [4.78, 5) is 14.0. The molecule has 134 valence electrons. The molecule has 0 aliphatic carbocycles. The van der Waals surface area contributed by atoms with Crippen LogP contribution in [0.25, 0.3) is 0 Å². The number of amides is 1. The molecule has 0 saturated carbocycles. The summed E-state index contributed by atoms with van der Waals surface area (Å²) in [6.07, 6.45) is 0.835. The lowest BCUT2D eigenvalue weighted by atomic mass is 9.79. The molecule has 24 heavy (non-hydrogen) atoms. The van der Waals surface area contributed by atoms with E-state index >= 15 is 0 Å². The number of halogens is 2. The summed E-state index contributed by atoms with van der Waals surface area (Å²) in [6.45, 7) is 2.80. The normalized spacial score (nSPS) is 24.1. The van der Waals surface area contributed by atoms with Gasteiger partial charge in [0.05, 0.1) is 18.3 Å². The number of hydrogen-bond donors (Lipinski definition) is 1. The molecule has 1 aliphatic rings. The van der Waals surface area contributed by atoms with Crippen molar-refractivity contribution in [2.45, 2.75) is 25.4 Å². The fraction of sp³-hybridized carbons (Fsp3) is 0.588. The summed E-state index contributed by atoms with van der Waals surface area (Å²) in [7, 11) is 2.79. The van der Waals surface area contributed by atoms with Crippen molar-refractivity contribution in [2.75, 3.05) is 33.9 Å². The zero-order valence-electron chi connectivity index (χ0n) is 14.1. The SMILES string of the molecule is COCC[C@@]1(O)CCN(C(=O)c2ccc(OC)c(F)c2F)C[C@@H]1C. The maximum absolute atomic E-state index is 14.1. The molecule has 1 aromatic carbocycles. The molecule has 0 aromatic heterocycles. The van der Waals surface area contributed by atoms with Crippen molar-refractivity contribution in [3.63, 3.8) is 0 Å². The number of piperidine rings is 1. The number of benzene rings is 1. The van der Waals surface area contributed by atoms with Crippen LogP contribution in [-0.4, -0.2) is 55.4 Å². The molecule has 2 atom stereocenters. The number of carbonyl (C=O) groups is 1. The highest BCUT2D eigenvalue weighted by atomic mass is 19.2. The lowest BCUT2D eigenvalue weighted by molar-refractivity contribution is -0.0750. The van der Waals surface area contributed by atoms with Gasteiger partial charge >= 0.3 is 0 Å². The topological polar surface area (TPSA) is 59.0 Å². The lowest BCUT2D eigenvalue weighted by Gasteiger charge is -2.43. The number of likely N-dealkylation sites (tertiary alicyclic amines) is 1. The highest BCUT2D eigenvalue weighted by molar-refractivity contribution is 5.94. The molecule has 0 unspecified atom stereocenters. The maximum Gasteiger partial charge on any atom is 0.256 e. The minimum Gasteiger partial charge on any atom is -0.494 e. The number of aliphatic hydroxyl groups is 1. The second-order valence-electron chi connectivity index (χ2n) is 6.19. The van der Waals surface area contributed by atoms with Crippen LogP contribution >= 0.6 is 0 Å². The van der Waals surface area contributed by atoms with Crippen LogP contribution in [0.15, 0.2) is 12.1 Å². The Morgan fingerprint density at radius 2 is 2.08 bits per heavy atom. The van der Waals surface area contributed by atoms with Crippen LogP contribution in [0.3, 0.4) is 0 Å². The molecule has 1 aromatic rings. The van der Waals surface area contributed by atoms with Crippen molar-refractivity contribution in [3.8, 4) is 5.75 Å². The average Bonchev–Trinajstić information content (AvgIpc) is 2.57. The summed E-state index contributed by atoms with van der Waals surface area (Å²) >= 11 is 0. The summed E-state index contributed by atoms with van der Waals surface area (Å²) < 4.78 is 37.6. The largest absolute Gasteiger partial charge is 0.494 e. The summed E-state index contributed by atoms with van der Waals surface area (Å²) in [5.74, 6) is -3.42. The quantitative estimate of drug-likeness (QED) is 0.891. The van der Waals surface area contributed by atoms with Crippen LogP contribution in [-0.2, 0) is 4.74 Å². The third-order valence-corrected chi connectivity index (χ3v) is 4.75. The molecule has 1 saturated heterocycles. The third-order valence-electron chi connectivity index (χ3n) is 4.75. The van der Waals surface area contributed by atoms with Gasteiger partial charge in [-0.2, -0.15) is 4.39 Å². The predicted octanol–water partition coefficient (Wildman–Crippen LogP) is 2.22. The first-order valence-electron chi connectivity index (χ1n) is 7.86. The van der Waals surface area contributed by atoms with E-state index in [0.29, 0.717) is 19.4 Å². The molecular formula is C17H23F2NO4. The van der Waals surface area contributed by atoms with Gasteiger partial charge in [-0.3, -0.25) is 4.79 Å². The van der Waals surface area contributed by atoms with E-state index in [9.17, 15) is 18.7 Å². The molecule has 1 aliphatic heterocycles. The molecule has 1 fully saturated rings. The summed E-state index contributed by atoms with van der Waals surface area (Å²) in [5.41, 5.74) is -1.25. The van der Waals surface area contributed by atoms with Crippen molar-refractivity contribution in [3.05, 3.63) is 29.3 Å². The van der Waals surface area contributed by atoms with Gasteiger partial charge in [-0.25, -0.2) is 4.39 Å². The zero-order valence-corrected chi connectivity index (χ0v) is 14.1. The number of carbonyl (C=O) groups excluding carboxylic acids is 1. The van der Waals surface area contributed by atoms with Crippen molar-refractivity contribution in [1.82, 2.24) is 4.90 Å². The average molecular weight is 343 g/mol. The van der Waals surface area contributed by atoms with E-state index in [2.05, 4.69) is 0 Å². The number of ether oxygens (including phenoxy) is 2. The predicted molar refractivity (Wildman–Crippen MR) is 84.0 cm³/mol. The van der Waals surface area contributed by atoms with Gasteiger partial charge in [0.25, 0.3) is 5.91 Å². The van der Waals surface area contributed by atoms with Crippen LogP contribution in [0.1, 0.15) is 30.1 Å². The summed E-state index contributed by atoms with van der Waals surface area (Å²) in [5, 5.41) is 10.6. The van der Waals surface area contributed by atoms with Crippen molar-refractivity contribution < 1.29 is 28.2 Å². The van der Waals surface area contributed by atoms with Gasteiger partial charge in [0.2, 0.25) is 5.82 Å². The molecular weight excluding hydrogens is 320 g/mol. The van der Waals surface area contributed by atoms with Crippen LogP contribution in [0.4, 0.5) is 8.78 Å². The standard InChI is InChI=1S/C17H23F2NO4/c1-11-10-20(8-6-17(11,22)7-9-23-2)16(21)12-4-5-13(24-3)15(19)14(12)18/h4-5,11,22H,6-10H2,1-3H3/t11-,17-/m0/s1. The number of methoxy groups -OCH3 is 2. The van der Waals surface area contributed by atoms with E-state index in [0.717, 1.165) is 0 Å². The first-order chi connectivity index (χ1) is 11.3. The Hall–Kier alpha value is -1.73. The van der Waals surface area contributed by atoms with Gasteiger partial charge in [-0.05, 0) is 25.0 Å². The van der Waals surface area contributed by atoms with Crippen LogP contribution in [0.2, 0.25) is 0 Å². The van der Waals surface area contributed by atoms with Gasteiger partial charge in [0.15, 0.2) is 11.6 Å². The number of nitrogens with zero attached hydrogens (tertiary/aromatic N) is 1. The Labute approximate surface area is 140 Å². The van der Waals surface area contributed by atoms with Crippen molar-refractivity contribution in [1.29, 1.82) is 0 Å². The highest BCUT2D eigenvalue weighted by Gasteiger charge is 2.40. The molecule has 0 bridgehead atoms. The molecule has 7 heteroatoms. The Kier molecular flexibility index (Phi) is 5.77. The fourth-order valence-electron chi connectivity index (χ4n) is 3.03. The zero-order chi connectivity index (χ0) is 17.9. The molecule has 1 N–H and O–H groups in total. The van der Waals surface area contributed by atoms with E-state index in [1.165, 1.54) is 24.1 Å². The molecule has 1 heterocycles. The second-order valence-corrected chi connectivity index (χ2v) is 6.19. The van der Waals surface area contributed by atoms with Crippen molar-refractivity contribution >= 4 is 5.91 Å². The summed E-state index contributed by atoms with van der Waals surface area (Å²) in [6, 6.07) is 2.45. The second kappa shape index (κ2) is 7.44. The smallest absolute Gasteiger partial charge is 0.256 e. The van der Waals surface area contributed by atoms with Gasteiger partial charge in [-0.1, -0.05) is 6.92 Å². The number of rotatable bonds is 5. The minimum atomic E-state index is -1.22. The molecule has 0 spiro atoms. The van der Waals surface area contributed by atoms with E-state index in [4.69, 9.17) is 9.47 Å². The first-order valence-corrected chi connectivity index (χ1v) is 7.86. The van der Waals surface area contributed by atoms with Gasteiger partial charge in [0.1, 0.15) is 0 Å². The Morgan fingerprint density at radius 3 is 2.67 bits per heavy atom. The lowest BCUT2D eigenvalue weighted by Crippen LogP contribution is -2.53. The van der Waals surface area contributed by atoms with E-state index in [1.807, 2.05) is 6.92 Å². The van der Waals surface area contributed by atoms with Gasteiger partial charge < -0.3 is 19.5 Å². The van der Waals surface area contributed by atoms with Crippen LogP contribution < -0.4 is 4.74 Å². The van der Waals surface area contributed by atoms with E-state index < -0.39 is 23.1 Å². The van der Waals surface area contributed by atoms with Gasteiger partial charge in [0, 0.05) is 32.7 Å². The molecule has 1 amide bonds.